The summed E-state index contributed by atoms with van der Waals surface area (Å²) in [5, 5.41) is 10.4. The molecule has 0 amide bonds. The highest BCUT2D eigenvalue weighted by molar-refractivity contribution is 6.35. The Morgan fingerprint density at radius 3 is 2.62 bits per heavy atom. The summed E-state index contributed by atoms with van der Waals surface area (Å²) in [4.78, 5) is 0. The van der Waals surface area contributed by atoms with Crippen LogP contribution in [0.2, 0.25) is 10.0 Å². The van der Waals surface area contributed by atoms with E-state index >= 15 is 0 Å². The number of aliphatic hydroxyl groups excluding tert-OH is 1. The summed E-state index contributed by atoms with van der Waals surface area (Å²) in [6.45, 7) is 1.77. The van der Waals surface area contributed by atoms with E-state index in [1.54, 1.807) is 13.0 Å². The van der Waals surface area contributed by atoms with Crippen molar-refractivity contribution in [1.82, 2.24) is 0 Å². The van der Waals surface area contributed by atoms with Gasteiger partial charge in [-0.05, 0) is 37.5 Å². The predicted octanol–water partition coefficient (Wildman–Crippen LogP) is 3.31. The lowest BCUT2D eigenvalue weighted by Gasteiger charge is -2.06. The number of aliphatic hydroxyl groups is 1. The molecule has 0 bridgehead atoms. The number of hydrogen-bond acceptors (Lipinski definition) is 1. The van der Waals surface area contributed by atoms with E-state index in [0.717, 1.165) is 18.4 Å². The Hall–Kier alpha value is -0.240. The fraction of sp³-hybridized carbons (Fsp3) is 0.400. The fourth-order valence-corrected chi connectivity index (χ4v) is 1.59. The average Bonchev–Trinajstić information content (AvgIpc) is 2.02. The third-order valence-electron chi connectivity index (χ3n) is 1.85. The molecule has 0 spiro atoms. The maximum atomic E-state index is 9.09. The second-order valence-electron chi connectivity index (χ2n) is 3.12. The Morgan fingerprint density at radius 2 is 2.08 bits per heavy atom. The van der Waals surface area contributed by atoms with Crippen LogP contribution in [0.3, 0.4) is 0 Å². The van der Waals surface area contributed by atoms with Crippen molar-refractivity contribution in [1.29, 1.82) is 0 Å². The summed E-state index contributed by atoms with van der Waals surface area (Å²) in [5.74, 6) is 0. The van der Waals surface area contributed by atoms with Gasteiger partial charge in [-0.3, -0.25) is 0 Å². The molecule has 1 atom stereocenters. The first kappa shape index (κ1) is 10.8. The minimum absolute atomic E-state index is 0.285. The monoisotopic (exact) mass is 218 g/mol. The highest BCUT2D eigenvalue weighted by atomic mass is 35.5. The first-order valence-electron chi connectivity index (χ1n) is 4.21. The molecule has 1 N–H and O–H groups in total. The Balaban J connectivity index is 2.67. The van der Waals surface area contributed by atoms with Crippen LogP contribution >= 0.6 is 23.2 Å². The summed E-state index contributed by atoms with van der Waals surface area (Å²) in [6, 6.07) is 5.43. The molecular formula is C10H12Cl2O. The van der Waals surface area contributed by atoms with Crippen molar-refractivity contribution < 1.29 is 5.11 Å². The van der Waals surface area contributed by atoms with E-state index in [1.807, 2.05) is 12.1 Å². The van der Waals surface area contributed by atoms with E-state index in [9.17, 15) is 0 Å². The van der Waals surface area contributed by atoms with Crippen molar-refractivity contribution >= 4 is 23.2 Å². The molecule has 72 valence electrons. The van der Waals surface area contributed by atoms with Crippen LogP contribution in [-0.2, 0) is 6.42 Å². The largest absolute Gasteiger partial charge is 0.393 e. The summed E-state index contributed by atoms with van der Waals surface area (Å²) >= 11 is 11.7. The van der Waals surface area contributed by atoms with Gasteiger partial charge in [-0.2, -0.15) is 0 Å². The lowest BCUT2D eigenvalue weighted by molar-refractivity contribution is 0.185. The fourth-order valence-electron chi connectivity index (χ4n) is 1.09. The molecule has 1 aromatic rings. The molecule has 0 unspecified atom stereocenters. The van der Waals surface area contributed by atoms with E-state index in [0.29, 0.717) is 10.0 Å². The van der Waals surface area contributed by atoms with Gasteiger partial charge in [-0.15, -0.1) is 0 Å². The average molecular weight is 219 g/mol. The van der Waals surface area contributed by atoms with Gasteiger partial charge in [0.05, 0.1) is 6.10 Å². The number of halogens is 2. The van der Waals surface area contributed by atoms with Crippen LogP contribution in [0.1, 0.15) is 18.9 Å². The van der Waals surface area contributed by atoms with Crippen molar-refractivity contribution in [3.05, 3.63) is 33.8 Å². The highest BCUT2D eigenvalue weighted by Crippen LogP contribution is 2.22. The molecule has 0 aromatic heterocycles. The molecule has 1 nitrogen and oxygen atoms in total. The normalized spacial score (nSPS) is 12.9. The molecule has 0 saturated carbocycles. The highest BCUT2D eigenvalue weighted by Gasteiger charge is 2.02. The second kappa shape index (κ2) is 4.85. The number of rotatable bonds is 3. The molecule has 0 fully saturated rings. The van der Waals surface area contributed by atoms with Gasteiger partial charge in [0.1, 0.15) is 0 Å². The minimum atomic E-state index is -0.285. The Bertz CT molecular complexity index is 284. The van der Waals surface area contributed by atoms with E-state index in [1.165, 1.54) is 0 Å². The molecule has 1 aromatic carbocycles. The number of hydrogen-bond donors (Lipinski definition) is 1. The van der Waals surface area contributed by atoms with E-state index < -0.39 is 0 Å². The first-order valence-corrected chi connectivity index (χ1v) is 4.97. The lowest BCUT2D eigenvalue weighted by Crippen LogP contribution is -2.01. The lowest BCUT2D eigenvalue weighted by atomic mass is 10.1. The molecule has 13 heavy (non-hydrogen) atoms. The van der Waals surface area contributed by atoms with Crippen LogP contribution in [0, 0.1) is 0 Å². The van der Waals surface area contributed by atoms with Gasteiger partial charge in [-0.25, -0.2) is 0 Å². The molecule has 1 rings (SSSR count). The van der Waals surface area contributed by atoms with Gasteiger partial charge >= 0.3 is 0 Å². The zero-order valence-corrected chi connectivity index (χ0v) is 8.94. The Labute approximate surface area is 88.3 Å². The second-order valence-corrected chi connectivity index (χ2v) is 3.97. The van der Waals surface area contributed by atoms with Crippen molar-refractivity contribution in [2.75, 3.05) is 0 Å². The maximum Gasteiger partial charge on any atom is 0.0515 e. The predicted molar refractivity (Wildman–Crippen MR) is 56.5 cm³/mol. The summed E-state index contributed by atoms with van der Waals surface area (Å²) in [7, 11) is 0. The third kappa shape index (κ3) is 3.55. The van der Waals surface area contributed by atoms with Gasteiger partial charge in [0.15, 0.2) is 0 Å². The van der Waals surface area contributed by atoms with Crippen LogP contribution in [0.4, 0.5) is 0 Å². The van der Waals surface area contributed by atoms with Crippen LogP contribution in [0.25, 0.3) is 0 Å². The van der Waals surface area contributed by atoms with Crippen molar-refractivity contribution in [2.24, 2.45) is 0 Å². The Morgan fingerprint density at radius 1 is 1.38 bits per heavy atom. The SMILES string of the molecule is C[C@H](O)CCc1ccc(Cl)cc1Cl. The molecule has 0 heterocycles. The molecule has 0 aliphatic carbocycles. The van der Waals surface area contributed by atoms with E-state index in [2.05, 4.69) is 0 Å². The van der Waals surface area contributed by atoms with E-state index in [-0.39, 0.29) is 6.10 Å². The third-order valence-corrected chi connectivity index (χ3v) is 2.43. The topological polar surface area (TPSA) is 20.2 Å². The van der Waals surface area contributed by atoms with Crippen LogP contribution in [0.5, 0.6) is 0 Å². The summed E-state index contributed by atoms with van der Waals surface area (Å²) in [5.41, 5.74) is 1.03. The molecule has 0 radical (unpaired) electrons. The minimum Gasteiger partial charge on any atom is -0.393 e. The smallest absolute Gasteiger partial charge is 0.0515 e. The van der Waals surface area contributed by atoms with Gasteiger partial charge in [0.2, 0.25) is 0 Å². The molecule has 0 saturated heterocycles. The van der Waals surface area contributed by atoms with Crippen molar-refractivity contribution in [2.45, 2.75) is 25.9 Å². The summed E-state index contributed by atoms with van der Waals surface area (Å²) in [6.07, 6.45) is 1.22. The van der Waals surface area contributed by atoms with Gasteiger partial charge < -0.3 is 5.11 Å². The first-order chi connectivity index (χ1) is 6.09. The van der Waals surface area contributed by atoms with Gasteiger partial charge in [0.25, 0.3) is 0 Å². The maximum absolute atomic E-state index is 9.09. The van der Waals surface area contributed by atoms with Gasteiger partial charge in [0, 0.05) is 10.0 Å². The molecular weight excluding hydrogens is 207 g/mol. The molecule has 0 aliphatic rings. The standard InChI is InChI=1S/C10H12Cl2O/c1-7(13)2-3-8-4-5-9(11)6-10(8)12/h4-7,13H,2-3H2,1H3/t7-/m0/s1. The number of benzene rings is 1. The zero-order chi connectivity index (χ0) is 9.84. The molecule has 3 heteroatoms. The summed E-state index contributed by atoms with van der Waals surface area (Å²) < 4.78 is 0. The van der Waals surface area contributed by atoms with E-state index in [4.69, 9.17) is 28.3 Å². The molecule has 0 aliphatic heterocycles. The van der Waals surface area contributed by atoms with Crippen LogP contribution in [-0.4, -0.2) is 11.2 Å². The van der Waals surface area contributed by atoms with Crippen LogP contribution in [0.15, 0.2) is 18.2 Å². The van der Waals surface area contributed by atoms with Crippen molar-refractivity contribution in [3.63, 3.8) is 0 Å². The zero-order valence-electron chi connectivity index (χ0n) is 7.43. The number of aryl methyl sites for hydroxylation is 1. The van der Waals surface area contributed by atoms with Crippen LogP contribution < -0.4 is 0 Å². The van der Waals surface area contributed by atoms with Gasteiger partial charge in [-0.1, -0.05) is 29.3 Å². The van der Waals surface area contributed by atoms with Crippen molar-refractivity contribution in [3.8, 4) is 0 Å². The Kier molecular flexibility index (Phi) is 4.04. The quantitative estimate of drug-likeness (QED) is 0.826.